The minimum Gasteiger partial charge on any atom is -0.383 e. The lowest BCUT2D eigenvalue weighted by atomic mass is 10.1. The smallest absolute Gasteiger partial charge is 0.383 e. The van der Waals surface area contributed by atoms with Crippen LogP contribution in [0.1, 0.15) is 36.6 Å². The van der Waals surface area contributed by atoms with Crippen molar-refractivity contribution in [2.45, 2.75) is 51.7 Å². The van der Waals surface area contributed by atoms with Gasteiger partial charge >= 0.3 is 6.18 Å². The van der Waals surface area contributed by atoms with Crippen LogP contribution in [0.15, 0.2) is 40.2 Å². The number of halogens is 4. The van der Waals surface area contributed by atoms with Crippen LogP contribution >= 0.6 is 0 Å². The van der Waals surface area contributed by atoms with E-state index in [1.165, 1.54) is 10.6 Å². The zero-order valence-electron chi connectivity index (χ0n) is 20.6. The summed E-state index contributed by atoms with van der Waals surface area (Å²) in [6, 6.07) is 3.83. The lowest BCUT2D eigenvalue weighted by molar-refractivity contribution is -0.138. The Balaban J connectivity index is 1.31. The van der Waals surface area contributed by atoms with E-state index in [0.29, 0.717) is 36.1 Å². The summed E-state index contributed by atoms with van der Waals surface area (Å²) < 4.78 is 61.6. The fourth-order valence-corrected chi connectivity index (χ4v) is 4.54. The van der Waals surface area contributed by atoms with E-state index in [4.69, 9.17) is 10.5 Å². The highest BCUT2D eigenvalue weighted by molar-refractivity contribution is 5.86. The minimum absolute atomic E-state index is 0.103. The van der Waals surface area contributed by atoms with Gasteiger partial charge in [0.25, 0.3) is 11.1 Å². The Morgan fingerprint density at radius 2 is 2.03 bits per heavy atom. The molecule has 204 valence electrons. The highest BCUT2D eigenvalue weighted by atomic mass is 19.4. The maximum atomic E-state index is 15.1. The van der Waals surface area contributed by atoms with Gasteiger partial charge in [0.1, 0.15) is 17.2 Å². The molecule has 0 saturated heterocycles. The number of benzene rings is 1. The summed E-state index contributed by atoms with van der Waals surface area (Å²) in [6.45, 7) is 2.46. The molecule has 0 bridgehead atoms. The molecule has 0 spiro atoms. The van der Waals surface area contributed by atoms with Crippen molar-refractivity contribution in [1.82, 2.24) is 24.7 Å². The number of rotatable bonds is 7. The van der Waals surface area contributed by atoms with Gasteiger partial charge in [-0.25, -0.2) is 19.5 Å². The van der Waals surface area contributed by atoms with E-state index in [2.05, 4.69) is 20.4 Å². The Labute approximate surface area is 217 Å². The lowest BCUT2D eigenvalue weighted by Gasteiger charge is -2.18. The van der Waals surface area contributed by atoms with Crippen molar-refractivity contribution in [2.24, 2.45) is 0 Å². The van der Waals surface area contributed by atoms with Crippen LogP contribution < -0.4 is 22.2 Å². The van der Waals surface area contributed by atoms with Crippen LogP contribution in [-0.2, 0) is 30.7 Å². The second-order valence-corrected chi connectivity index (χ2v) is 9.26. The fourth-order valence-electron chi connectivity index (χ4n) is 4.54. The Kier molecular flexibility index (Phi) is 6.80. The normalized spacial score (nSPS) is 14.0. The number of pyridine rings is 1. The number of nitrogen functional groups attached to an aromatic ring is 1. The molecule has 0 unspecified atom stereocenters. The van der Waals surface area contributed by atoms with E-state index in [1.807, 2.05) is 0 Å². The number of fused-ring (bicyclic) bond motifs is 2. The third-order valence-corrected chi connectivity index (χ3v) is 6.49. The average molecular weight is 545 g/mol. The number of aromatic nitrogens is 5. The number of ether oxygens (including phenoxy) is 1. The molecule has 1 atom stereocenters. The maximum Gasteiger partial charge on any atom is 0.423 e. The monoisotopic (exact) mass is 545 g/mol. The summed E-state index contributed by atoms with van der Waals surface area (Å²) in [6.07, 6.45) is -1.57. The fraction of sp³-hybridized carbons (Fsp3) is 0.320. The number of hydrogen-bond acceptors (Lipinski definition) is 8. The molecular weight excluding hydrogens is 522 g/mol. The number of aryl methyl sites for hydroxylation is 1. The summed E-state index contributed by atoms with van der Waals surface area (Å²) in [5, 5.41) is 8.54. The molecule has 4 heterocycles. The van der Waals surface area contributed by atoms with Gasteiger partial charge in [-0.05, 0) is 43.4 Å². The number of anilines is 2. The first-order chi connectivity index (χ1) is 18.5. The van der Waals surface area contributed by atoms with E-state index in [0.717, 1.165) is 12.3 Å². The first-order valence-corrected chi connectivity index (χ1v) is 12.0. The largest absolute Gasteiger partial charge is 0.423 e. The highest BCUT2D eigenvalue weighted by Crippen LogP contribution is 2.32. The maximum absolute atomic E-state index is 15.1. The number of hydrogen-bond donors (Lipinski definition) is 3. The van der Waals surface area contributed by atoms with Crippen LogP contribution in [0.5, 0.6) is 0 Å². The van der Waals surface area contributed by atoms with E-state index >= 15 is 4.39 Å². The van der Waals surface area contributed by atoms with Gasteiger partial charge in [0.2, 0.25) is 0 Å². The number of H-pyrrole nitrogens is 1. The molecule has 1 aromatic carbocycles. The summed E-state index contributed by atoms with van der Waals surface area (Å²) in [5.41, 5.74) is 3.84. The van der Waals surface area contributed by atoms with Crippen molar-refractivity contribution >= 4 is 22.3 Å². The molecule has 4 aromatic rings. The minimum atomic E-state index is -4.85. The van der Waals surface area contributed by atoms with Gasteiger partial charge in [-0.15, -0.1) is 0 Å². The van der Waals surface area contributed by atoms with Crippen LogP contribution in [-0.4, -0.2) is 30.8 Å². The summed E-state index contributed by atoms with van der Waals surface area (Å²) >= 11 is 0. The van der Waals surface area contributed by atoms with E-state index < -0.39 is 40.4 Å². The van der Waals surface area contributed by atoms with Crippen molar-refractivity contribution in [1.29, 1.82) is 0 Å². The molecule has 14 heteroatoms. The third-order valence-electron chi connectivity index (χ3n) is 6.49. The van der Waals surface area contributed by atoms with Crippen molar-refractivity contribution in [2.75, 3.05) is 11.1 Å². The molecule has 0 amide bonds. The zero-order chi connectivity index (χ0) is 27.9. The van der Waals surface area contributed by atoms with Gasteiger partial charge in [0.15, 0.2) is 5.82 Å². The SMILES string of the molecule is C[C@@H](CCCn1ccc2cc(-c3nc(N)c4c(n3)COC4)c(F)cc2c1=O)Nc1cn[nH]c(=O)c1C(F)(F)F. The molecule has 0 fully saturated rings. The molecule has 0 radical (unpaired) electrons. The molecule has 10 nitrogen and oxygen atoms in total. The highest BCUT2D eigenvalue weighted by Gasteiger charge is 2.37. The molecule has 3 aromatic heterocycles. The van der Waals surface area contributed by atoms with E-state index in [1.54, 1.807) is 24.3 Å². The first-order valence-electron chi connectivity index (χ1n) is 12.0. The zero-order valence-corrected chi connectivity index (χ0v) is 20.6. The van der Waals surface area contributed by atoms with Crippen molar-refractivity contribution < 1.29 is 22.3 Å². The Bertz CT molecular complexity index is 1680. The Hall–Kier alpha value is -4.33. The van der Waals surface area contributed by atoms with Gasteiger partial charge in [-0.3, -0.25) is 9.59 Å². The van der Waals surface area contributed by atoms with Crippen LogP contribution in [0.25, 0.3) is 22.2 Å². The van der Waals surface area contributed by atoms with E-state index in [9.17, 15) is 22.8 Å². The molecule has 39 heavy (non-hydrogen) atoms. The van der Waals surface area contributed by atoms with E-state index in [-0.39, 0.29) is 35.7 Å². The van der Waals surface area contributed by atoms with Crippen molar-refractivity contribution in [3.05, 3.63) is 73.9 Å². The number of alkyl halides is 3. The molecular formula is C25H23F4N7O3. The third kappa shape index (κ3) is 5.19. The summed E-state index contributed by atoms with van der Waals surface area (Å²) in [5.74, 6) is -0.359. The Morgan fingerprint density at radius 3 is 2.79 bits per heavy atom. The molecule has 0 aliphatic carbocycles. The van der Waals surface area contributed by atoms with Crippen molar-refractivity contribution in [3.63, 3.8) is 0 Å². The summed E-state index contributed by atoms with van der Waals surface area (Å²) in [7, 11) is 0. The molecule has 4 N–H and O–H groups in total. The topological polar surface area (TPSA) is 141 Å². The predicted octanol–water partition coefficient (Wildman–Crippen LogP) is 3.59. The van der Waals surface area contributed by atoms with Crippen LogP contribution in [0.2, 0.25) is 0 Å². The molecule has 5 rings (SSSR count). The first kappa shape index (κ1) is 26.3. The van der Waals surface area contributed by atoms with Crippen LogP contribution in [0.3, 0.4) is 0 Å². The second kappa shape index (κ2) is 10.1. The Morgan fingerprint density at radius 1 is 1.23 bits per heavy atom. The number of nitrogens with zero attached hydrogens (tertiary/aromatic N) is 4. The quantitative estimate of drug-likeness (QED) is 0.299. The number of aromatic amines is 1. The standard InChI is InChI=1S/C25H23F4N7O3/c1-12(32-18-9-31-35-23(37)20(18)25(27,28)29)3-2-5-36-6-4-13-7-15(17(26)8-14(13)24(36)38)22-33-19-11-39-10-16(19)21(30)34-22/h4,6-9,12H,2-3,5,10-11H2,1H3,(H2,30,33,34)(H2,32,35,37)/t12-/m0/s1. The van der Waals surface area contributed by atoms with Crippen molar-refractivity contribution in [3.8, 4) is 11.4 Å². The molecule has 0 saturated carbocycles. The van der Waals surface area contributed by atoms with Gasteiger partial charge in [0, 0.05) is 24.3 Å². The number of nitrogens with two attached hydrogens (primary N) is 1. The summed E-state index contributed by atoms with van der Waals surface area (Å²) in [4.78, 5) is 33.3. The predicted molar refractivity (Wildman–Crippen MR) is 134 cm³/mol. The number of nitrogens with one attached hydrogen (secondary N) is 2. The lowest BCUT2D eigenvalue weighted by Crippen LogP contribution is -2.27. The second-order valence-electron chi connectivity index (χ2n) is 9.26. The van der Waals surface area contributed by atoms with Gasteiger partial charge in [-0.2, -0.15) is 18.3 Å². The van der Waals surface area contributed by atoms with Gasteiger partial charge < -0.3 is 20.4 Å². The van der Waals surface area contributed by atoms with Gasteiger partial charge in [0.05, 0.1) is 41.7 Å². The van der Waals surface area contributed by atoms with Crippen LogP contribution in [0.4, 0.5) is 29.1 Å². The molecule has 1 aliphatic heterocycles. The average Bonchev–Trinajstić information content (AvgIpc) is 3.34. The van der Waals surface area contributed by atoms with Crippen LogP contribution in [0, 0.1) is 5.82 Å². The molecule has 1 aliphatic rings. The van der Waals surface area contributed by atoms with Gasteiger partial charge in [-0.1, -0.05) is 0 Å².